The summed E-state index contributed by atoms with van der Waals surface area (Å²) in [6, 6.07) is 0. The van der Waals surface area contributed by atoms with Gasteiger partial charge in [-0.3, -0.25) is 4.79 Å². The Bertz CT molecular complexity index is 1200. The van der Waals surface area contributed by atoms with E-state index in [1.165, 1.54) is 5.57 Å². The van der Waals surface area contributed by atoms with Gasteiger partial charge in [-0.05, 0) is 104 Å². The van der Waals surface area contributed by atoms with E-state index in [4.69, 9.17) is 9.47 Å². The van der Waals surface area contributed by atoms with Gasteiger partial charge in [0.25, 0.3) is 0 Å². The van der Waals surface area contributed by atoms with Gasteiger partial charge >= 0.3 is 5.97 Å². The van der Waals surface area contributed by atoms with Crippen LogP contribution in [-0.2, 0) is 14.3 Å². The second kappa shape index (κ2) is 11.0. The number of ether oxygens (including phenoxy) is 2. The van der Waals surface area contributed by atoms with Crippen LogP contribution in [0.1, 0.15) is 106 Å². The molecule has 256 valence electrons. The van der Waals surface area contributed by atoms with Crippen molar-refractivity contribution >= 4 is 5.97 Å². The molecule has 0 aromatic heterocycles. The molecule has 0 aromatic rings. The predicted molar refractivity (Wildman–Crippen MR) is 166 cm³/mol. The number of aliphatic hydroxyl groups is 6. The van der Waals surface area contributed by atoms with Crippen molar-refractivity contribution in [1.29, 1.82) is 0 Å². The third kappa shape index (κ3) is 4.61. The second-order valence-corrected chi connectivity index (χ2v) is 17.7. The van der Waals surface area contributed by atoms with Gasteiger partial charge < -0.3 is 40.1 Å². The molecule has 1 saturated heterocycles. The fraction of sp³-hybridized carbons (Fsp3) is 0.917. The van der Waals surface area contributed by atoms with Crippen molar-refractivity contribution in [3.63, 3.8) is 0 Å². The number of fused-ring (bicyclic) bond motifs is 7. The minimum Gasteiger partial charge on any atom is -0.432 e. The van der Waals surface area contributed by atoms with Gasteiger partial charge in [-0.25, -0.2) is 0 Å². The fourth-order valence-electron chi connectivity index (χ4n) is 12.0. The Labute approximate surface area is 268 Å². The summed E-state index contributed by atoms with van der Waals surface area (Å²) in [6.07, 6.45) is 2.92. The van der Waals surface area contributed by atoms with Crippen molar-refractivity contribution in [2.45, 2.75) is 143 Å². The maximum Gasteiger partial charge on any atom is 0.315 e. The van der Waals surface area contributed by atoms with Crippen molar-refractivity contribution in [1.82, 2.24) is 0 Å². The molecule has 6 rings (SSSR count). The van der Waals surface area contributed by atoms with Crippen LogP contribution < -0.4 is 0 Å². The summed E-state index contributed by atoms with van der Waals surface area (Å²) in [6.45, 7) is 13.3. The summed E-state index contributed by atoms with van der Waals surface area (Å²) >= 11 is 0. The first kappa shape index (κ1) is 33.8. The quantitative estimate of drug-likeness (QED) is 0.201. The van der Waals surface area contributed by atoms with E-state index in [9.17, 15) is 35.4 Å². The Hall–Kier alpha value is -1.07. The number of carbonyl (C=O) groups is 1. The van der Waals surface area contributed by atoms with Crippen molar-refractivity contribution in [2.75, 3.05) is 13.2 Å². The maximum atomic E-state index is 14.4. The lowest BCUT2D eigenvalue weighted by molar-refractivity contribution is -0.297. The molecule has 6 aliphatic rings. The van der Waals surface area contributed by atoms with Crippen molar-refractivity contribution in [2.24, 2.45) is 50.2 Å². The summed E-state index contributed by atoms with van der Waals surface area (Å²) < 4.78 is 11.5. The molecule has 5 aliphatic carbocycles. The number of hydrogen-bond donors (Lipinski definition) is 6. The van der Waals surface area contributed by atoms with Gasteiger partial charge in [0, 0.05) is 5.41 Å². The highest BCUT2D eigenvalue weighted by molar-refractivity contribution is 5.79. The van der Waals surface area contributed by atoms with Crippen LogP contribution in [0.15, 0.2) is 11.6 Å². The van der Waals surface area contributed by atoms with Gasteiger partial charge in [0.15, 0.2) is 0 Å². The lowest BCUT2D eigenvalue weighted by atomic mass is 9.33. The van der Waals surface area contributed by atoms with E-state index in [1.807, 2.05) is 0 Å². The molecule has 0 bridgehead atoms. The highest BCUT2D eigenvalue weighted by Gasteiger charge is 2.70. The number of hydrogen-bond acceptors (Lipinski definition) is 9. The van der Waals surface area contributed by atoms with Crippen LogP contribution >= 0.6 is 0 Å². The second-order valence-electron chi connectivity index (χ2n) is 17.7. The number of aliphatic hydroxyl groups excluding tert-OH is 6. The molecule has 5 fully saturated rings. The van der Waals surface area contributed by atoms with Crippen LogP contribution in [0.5, 0.6) is 0 Å². The third-order valence-electron chi connectivity index (χ3n) is 15.2. The molecule has 0 amide bonds. The normalized spacial score (nSPS) is 54.0. The zero-order chi connectivity index (χ0) is 33.0. The zero-order valence-corrected chi connectivity index (χ0v) is 28.2. The topological polar surface area (TPSA) is 157 Å². The van der Waals surface area contributed by atoms with E-state index >= 15 is 0 Å². The van der Waals surface area contributed by atoms with E-state index in [-0.39, 0.29) is 40.1 Å². The van der Waals surface area contributed by atoms with E-state index in [0.717, 1.165) is 44.9 Å². The van der Waals surface area contributed by atoms with Gasteiger partial charge in [0.2, 0.25) is 6.29 Å². The molecule has 0 aromatic carbocycles. The maximum absolute atomic E-state index is 14.4. The Kier molecular flexibility index (Phi) is 8.25. The molecule has 0 unspecified atom stereocenters. The highest BCUT2D eigenvalue weighted by Crippen LogP contribution is 2.75. The van der Waals surface area contributed by atoms with Crippen molar-refractivity contribution in [3.8, 4) is 0 Å². The summed E-state index contributed by atoms with van der Waals surface area (Å²) in [5.74, 6) is 0.149. The first-order chi connectivity index (χ1) is 20.9. The van der Waals surface area contributed by atoms with Crippen LogP contribution in [0.4, 0.5) is 0 Å². The minimum absolute atomic E-state index is 0.00749. The number of allylic oxidation sites excluding steroid dienone is 2. The van der Waals surface area contributed by atoms with E-state index < -0.39 is 60.2 Å². The van der Waals surface area contributed by atoms with Crippen LogP contribution in [0, 0.1) is 50.2 Å². The average Bonchev–Trinajstić information content (AvgIpc) is 2.99. The predicted octanol–water partition coefficient (Wildman–Crippen LogP) is 3.46. The van der Waals surface area contributed by atoms with Crippen LogP contribution in [-0.4, -0.2) is 86.6 Å². The Morgan fingerprint density at radius 1 is 0.867 bits per heavy atom. The van der Waals surface area contributed by atoms with Crippen LogP contribution in [0.25, 0.3) is 0 Å². The van der Waals surface area contributed by atoms with E-state index in [1.54, 1.807) is 0 Å². The van der Waals surface area contributed by atoms with Gasteiger partial charge in [0.1, 0.15) is 24.4 Å². The Balaban J connectivity index is 1.35. The SMILES string of the molecule is CC1(C)CC[C@]2(C(=O)O[C@H]3O[C@@H](CO)[C@H](O)[C@@H](O)[C@@H]3O)CC[C@]3(C)C(=CC[C@@H]4[C@@]5(C)CC[C@H](O)[C@@](C)(CO)[C@@H]5CC[C@]43C)[C@@H]2C1. The van der Waals surface area contributed by atoms with E-state index in [2.05, 4.69) is 47.6 Å². The summed E-state index contributed by atoms with van der Waals surface area (Å²) in [5, 5.41) is 62.6. The van der Waals surface area contributed by atoms with Crippen LogP contribution in [0.2, 0.25) is 0 Å². The Morgan fingerprint density at radius 2 is 1.56 bits per heavy atom. The molecule has 45 heavy (non-hydrogen) atoms. The van der Waals surface area contributed by atoms with Crippen molar-refractivity contribution in [3.05, 3.63) is 11.6 Å². The lowest BCUT2D eigenvalue weighted by Gasteiger charge is -2.71. The van der Waals surface area contributed by atoms with E-state index in [0.29, 0.717) is 25.2 Å². The van der Waals surface area contributed by atoms with Gasteiger partial charge in [-0.1, -0.05) is 53.2 Å². The van der Waals surface area contributed by atoms with Gasteiger partial charge in [0.05, 0.1) is 24.7 Å². The molecular formula is C36H58O9. The monoisotopic (exact) mass is 634 g/mol. The number of carbonyl (C=O) groups excluding carboxylic acids is 1. The molecule has 0 radical (unpaired) electrons. The number of rotatable bonds is 4. The first-order valence-electron chi connectivity index (χ1n) is 17.5. The Morgan fingerprint density at radius 3 is 2.22 bits per heavy atom. The van der Waals surface area contributed by atoms with Gasteiger partial charge in [-0.2, -0.15) is 0 Å². The molecule has 6 N–H and O–H groups in total. The smallest absolute Gasteiger partial charge is 0.315 e. The number of esters is 1. The zero-order valence-electron chi connectivity index (χ0n) is 28.2. The van der Waals surface area contributed by atoms with Crippen molar-refractivity contribution < 1.29 is 44.9 Å². The van der Waals surface area contributed by atoms with Gasteiger partial charge in [-0.15, -0.1) is 0 Å². The summed E-state index contributed by atoms with van der Waals surface area (Å²) in [4.78, 5) is 14.4. The molecule has 4 saturated carbocycles. The largest absolute Gasteiger partial charge is 0.432 e. The molecule has 0 spiro atoms. The lowest BCUT2D eigenvalue weighted by Crippen LogP contribution is -2.66. The molecule has 9 heteroatoms. The third-order valence-corrected chi connectivity index (χ3v) is 15.2. The van der Waals surface area contributed by atoms with Crippen LogP contribution in [0.3, 0.4) is 0 Å². The first-order valence-corrected chi connectivity index (χ1v) is 17.5. The summed E-state index contributed by atoms with van der Waals surface area (Å²) in [5.41, 5.74) is -0.0979. The molecule has 9 nitrogen and oxygen atoms in total. The average molecular weight is 635 g/mol. The molecule has 1 heterocycles. The molecule has 1 aliphatic heterocycles. The highest BCUT2D eigenvalue weighted by atomic mass is 16.7. The minimum atomic E-state index is -1.63. The summed E-state index contributed by atoms with van der Waals surface area (Å²) in [7, 11) is 0. The molecule has 14 atom stereocenters. The standard InChI is InChI=1S/C36H58O9/c1-31(2)13-15-36(30(43)45-29-28(42)27(41)26(40)22(18-37)44-29)16-14-34(5)20(21(36)17-31)7-8-24-32(3)11-10-25(39)33(4,19-38)23(32)9-12-35(24,34)6/h7,21-29,37-42H,8-19H2,1-6H3/t21-,22-,23+,24+,25-,26-,27+,28-,29+,32-,33-,34+,35+,36-/m0/s1. The fourth-order valence-corrected chi connectivity index (χ4v) is 12.0. The molecular weight excluding hydrogens is 576 g/mol.